The molecule has 0 aliphatic heterocycles. The maximum atomic E-state index is 4.79. The number of rotatable bonds is 6. The molecular weight excluding hydrogens is 222 g/mol. The average molecular weight is 249 g/mol. The van der Waals surface area contributed by atoms with Gasteiger partial charge < -0.3 is 5.32 Å². The Bertz CT molecular complexity index is 375. The maximum absolute atomic E-state index is 4.79. The summed E-state index contributed by atoms with van der Waals surface area (Å²) in [4.78, 5) is 0. The summed E-state index contributed by atoms with van der Waals surface area (Å²) in [5, 5.41) is 8.18. The van der Waals surface area contributed by atoms with Crippen LogP contribution in [-0.4, -0.2) is 22.9 Å². The van der Waals surface area contributed by atoms with Crippen LogP contribution < -0.4 is 5.32 Å². The van der Waals surface area contributed by atoms with Gasteiger partial charge in [-0.25, -0.2) is 0 Å². The first kappa shape index (κ1) is 13.6. The standard InChI is InChI=1S/C15H27N3/c1-4-16-11-7-10-15-12(2)17-18(13(15)3)14-8-5-6-9-14/h14,16H,4-11H2,1-3H3. The largest absolute Gasteiger partial charge is 0.317 e. The molecule has 0 atom stereocenters. The van der Waals surface area contributed by atoms with E-state index in [0.717, 1.165) is 19.5 Å². The smallest absolute Gasteiger partial charge is 0.0628 e. The van der Waals surface area contributed by atoms with E-state index in [1.807, 2.05) is 0 Å². The number of nitrogens with one attached hydrogen (secondary N) is 1. The van der Waals surface area contributed by atoms with E-state index in [1.54, 1.807) is 0 Å². The first-order chi connectivity index (χ1) is 8.74. The predicted molar refractivity (Wildman–Crippen MR) is 76.1 cm³/mol. The van der Waals surface area contributed by atoms with Crippen molar-refractivity contribution in [1.82, 2.24) is 15.1 Å². The summed E-state index contributed by atoms with van der Waals surface area (Å²) in [5.41, 5.74) is 4.15. The highest BCUT2D eigenvalue weighted by molar-refractivity contribution is 5.25. The molecule has 0 spiro atoms. The highest BCUT2D eigenvalue weighted by Gasteiger charge is 2.21. The molecule has 1 aliphatic rings. The van der Waals surface area contributed by atoms with E-state index in [1.165, 1.54) is 49.1 Å². The van der Waals surface area contributed by atoms with Crippen LogP contribution in [0.2, 0.25) is 0 Å². The number of nitrogens with zero attached hydrogens (tertiary/aromatic N) is 2. The molecule has 102 valence electrons. The molecule has 18 heavy (non-hydrogen) atoms. The number of hydrogen-bond acceptors (Lipinski definition) is 2. The summed E-state index contributed by atoms with van der Waals surface area (Å²) >= 11 is 0. The van der Waals surface area contributed by atoms with E-state index in [2.05, 4.69) is 30.8 Å². The van der Waals surface area contributed by atoms with E-state index in [9.17, 15) is 0 Å². The van der Waals surface area contributed by atoms with Crippen LogP contribution in [0.1, 0.15) is 62.0 Å². The third-order valence-electron chi connectivity index (χ3n) is 4.18. The van der Waals surface area contributed by atoms with Crippen molar-refractivity contribution in [2.45, 2.75) is 65.3 Å². The lowest BCUT2D eigenvalue weighted by Crippen LogP contribution is -2.14. The number of hydrogen-bond donors (Lipinski definition) is 1. The Hall–Kier alpha value is -0.830. The van der Waals surface area contributed by atoms with Gasteiger partial charge in [0.2, 0.25) is 0 Å². The van der Waals surface area contributed by atoms with Crippen molar-refractivity contribution in [3.63, 3.8) is 0 Å². The fourth-order valence-corrected chi connectivity index (χ4v) is 3.13. The minimum Gasteiger partial charge on any atom is -0.317 e. The summed E-state index contributed by atoms with van der Waals surface area (Å²) < 4.78 is 2.31. The Morgan fingerprint density at radius 2 is 2.00 bits per heavy atom. The Morgan fingerprint density at radius 1 is 1.28 bits per heavy atom. The fourth-order valence-electron chi connectivity index (χ4n) is 3.13. The van der Waals surface area contributed by atoms with Crippen LogP contribution in [0.4, 0.5) is 0 Å². The molecule has 0 amide bonds. The molecule has 1 aromatic heterocycles. The SMILES string of the molecule is CCNCCCc1c(C)nn(C2CCCC2)c1C. The second-order valence-corrected chi connectivity index (χ2v) is 5.49. The zero-order valence-corrected chi connectivity index (χ0v) is 12.1. The lowest BCUT2D eigenvalue weighted by Gasteiger charge is -2.12. The maximum Gasteiger partial charge on any atom is 0.0628 e. The van der Waals surface area contributed by atoms with Crippen molar-refractivity contribution in [3.05, 3.63) is 17.0 Å². The molecule has 3 heteroatoms. The third kappa shape index (κ3) is 2.94. The monoisotopic (exact) mass is 249 g/mol. The quantitative estimate of drug-likeness (QED) is 0.785. The van der Waals surface area contributed by atoms with Crippen LogP contribution in [0.25, 0.3) is 0 Å². The van der Waals surface area contributed by atoms with Crippen LogP contribution >= 0.6 is 0 Å². The number of aromatic nitrogens is 2. The lowest BCUT2D eigenvalue weighted by atomic mass is 10.1. The molecule has 1 aromatic rings. The summed E-state index contributed by atoms with van der Waals surface area (Å²) in [6.45, 7) is 8.76. The van der Waals surface area contributed by atoms with Crippen LogP contribution in [0.15, 0.2) is 0 Å². The number of aryl methyl sites for hydroxylation is 1. The van der Waals surface area contributed by atoms with Gasteiger partial charge in [-0.3, -0.25) is 4.68 Å². The molecule has 0 radical (unpaired) electrons. The highest BCUT2D eigenvalue weighted by atomic mass is 15.3. The highest BCUT2D eigenvalue weighted by Crippen LogP contribution is 2.31. The van der Waals surface area contributed by atoms with Gasteiger partial charge in [-0.15, -0.1) is 0 Å². The molecule has 0 bridgehead atoms. The van der Waals surface area contributed by atoms with Crippen molar-refractivity contribution >= 4 is 0 Å². The first-order valence-corrected chi connectivity index (χ1v) is 7.49. The van der Waals surface area contributed by atoms with E-state index < -0.39 is 0 Å². The molecule has 0 saturated heterocycles. The molecule has 0 aromatic carbocycles. The molecule has 1 aliphatic carbocycles. The van der Waals surface area contributed by atoms with Crippen molar-refractivity contribution in [2.75, 3.05) is 13.1 Å². The minimum absolute atomic E-state index is 0.672. The lowest BCUT2D eigenvalue weighted by molar-refractivity contribution is 0.454. The van der Waals surface area contributed by atoms with Crippen LogP contribution in [-0.2, 0) is 6.42 Å². The third-order valence-corrected chi connectivity index (χ3v) is 4.18. The van der Waals surface area contributed by atoms with Gasteiger partial charge in [-0.1, -0.05) is 19.8 Å². The first-order valence-electron chi connectivity index (χ1n) is 7.49. The van der Waals surface area contributed by atoms with Crippen molar-refractivity contribution in [1.29, 1.82) is 0 Å². The van der Waals surface area contributed by atoms with Gasteiger partial charge in [0.05, 0.1) is 11.7 Å². The van der Waals surface area contributed by atoms with Crippen molar-refractivity contribution < 1.29 is 0 Å². The zero-order valence-electron chi connectivity index (χ0n) is 12.1. The predicted octanol–water partition coefficient (Wildman–Crippen LogP) is 3.16. The molecule has 2 rings (SSSR count). The van der Waals surface area contributed by atoms with Gasteiger partial charge in [0, 0.05) is 5.69 Å². The minimum atomic E-state index is 0.672. The van der Waals surface area contributed by atoms with Gasteiger partial charge in [0.1, 0.15) is 0 Å². The summed E-state index contributed by atoms with van der Waals surface area (Å²) in [6, 6.07) is 0.672. The van der Waals surface area contributed by atoms with Gasteiger partial charge in [-0.2, -0.15) is 5.10 Å². The Kier molecular flexibility index (Phi) is 4.81. The Morgan fingerprint density at radius 3 is 2.67 bits per heavy atom. The molecule has 1 saturated carbocycles. The van der Waals surface area contributed by atoms with Crippen molar-refractivity contribution in [3.8, 4) is 0 Å². The van der Waals surface area contributed by atoms with Gasteiger partial charge in [-0.05, 0) is 58.2 Å². The van der Waals surface area contributed by atoms with Crippen molar-refractivity contribution in [2.24, 2.45) is 0 Å². The molecule has 1 heterocycles. The molecule has 1 fully saturated rings. The zero-order chi connectivity index (χ0) is 13.0. The molecule has 0 unspecified atom stereocenters. The Labute approximate surface area is 111 Å². The summed E-state index contributed by atoms with van der Waals surface area (Å²) in [7, 11) is 0. The average Bonchev–Trinajstić information content (AvgIpc) is 2.96. The van der Waals surface area contributed by atoms with E-state index >= 15 is 0 Å². The van der Waals surface area contributed by atoms with Crippen LogP contribution in [0.5, 0.6) is 0 Å². The molecular formula is C15H27N3. The topological polar surface area (TPSA) is 29.9 Å². The van der Waals surface area contributed by atoms with Crippen LogP contribution in [0, 0.1) is 13.8 Å². The van der Waals surface area contributed by atoms with E-state index in [-0.39, 0.29) is 0 Å². The molecule has 1 N–H and O–H groups in total. The van der Waals surface area contributed by atoms with Gasteiger partial charge in [0.15, 0.2) is 0 Å². The fraction of sp³-hybridized carbons (Fsp3) is 0.800. The summed E-state index contributed by atoms with van der Waals surface area (Å²) in [6.07, 6.45) is 7.76. The summed E-state index contributed by atoms with van der Waals surface area (Å²) in [5.74, 6) is 0. The second kappa shape index (κ2) is 6.37. The van der Waals surface area contributed by atoms with E-state index in [4.69, 9.17) is 5.10 Å². The molecule has 3 nitrogen and oxygen atoms in total. The van der Waals surface area contributed by atoms with E-state index in [0.29, 0.717) is 6.04 Å². The second-order valence-electron chi connectivity index (χ2n) is 5.49. The normalized spacial score (nSPS) is 16.6. The van der Waals surface area contributed by atoms with Gasteiger partial charge >= 0.3 is 0 Å². The van der Waals surface area contributed by atoms with Gasteiger partial charge in [0.25, 0.3) is 0 Å². The Balaban J connectivity index is 2.01. The van der Waals surface area contributed by atoms with Crippen LogP contribution in [0.3, 0.4) is 0 Å².